The molecule has 4 rings (SSSR count). The predicted octanol–water partition coefficient (Wildman–Crippen LogP) is 2.11. The molecule has 3 aromatic heterocycles. The molecule has 138 valence electrons. The lowest BCUT2D eigenvalue weighted by molar-refractivity contribution is 0.101. The second-order valence-corrected chi connectivity index (χ2v) is 6.97. The average Bonchev–Trinajstić information content (AvgIpc) is 3.14. The van der Waals surface area contributed by atoms with Crippen molar-refractivity contribution in [2.24, 2.45) is 0 Å². The quantitative estimate of drug-likeness (QED) is 0.474. The van der Waals surface area contributed by atoms with Crippen LogP contribution in [-0.4, -0.2) is 36.7 Å². The number of imidazole rings is 1. The minimum atomic E-state index is 0.0507. The lowest BCUT2D eigenvalue weighted by Crippen LogP contribution is -2.33. The summed E-state index contributed by atoms with van der Waals surface area (Å²) in [6, 6.07) is 1.85. The molecule has 8 heteroatoms. The van der Waals surface area contributed by atoms with Crippen molar-refractivity contribution in [1.82, 2.24) is 24.9 Å². The highest BCUT2D eigenvalue weighted by Crippen LogP contribution is 2.24. The van der Waals surface area contributed by atoms with Gasteiger partial charge in [-0.1, -0.05) is 6.08 Å². The van der Waals surface area contributed by atoms with Gasteiger partial charge in [-0.15, -0.1) is 0 Å². The number of rotatable bonds is 4. The van der Waals surface area contributed by atoms with Crippen LogP contribution in [0.15, 0.2) is 12.3 Å². The van der Waals surface area contributed by atoms with Crippen molar-refractivity contribution < 1.29 is 4.79 Å². The van der Waals surface area contributed by atoms with E-state index in [1.165, 1.54) is 0 Å². The summed E-state index contributed by atoms with van der Waals surface area (Å²) < 4.78 is 0. The number of H-pyrrole nitrogens is 2. The first-order chi connectivity index (χ1) is 12.9. The molecule has 1 unspecified atom stereocenters. The molecule has 1 aliphatic carbocycles. The molecule has 0 bridgehead atoms. The molecule has 3 aromatic rings. The Balaban J connectivity index is 1.68. The van der Waals surface area contributed by atoms with Crippen LogP contribution in [0.3, 0.4) is 0 Å². The number of Topliss-reactive ketones (excluding diaryl/α,β-unsaturated/α-hetero) is 1. The molecule has 3 heterocycles. The summed E-state index contributed by atoms with van der Waals surface area (Å²) in [5, 5.41) is 5.38. The Morgan fingerprint density at radius 2 is 2.11 bits per heavy atom. The van der Waals surface area contributed by atoms with Gasteiger partial charge in [0.25, 0.3) is 0 Å². The van der Waals surface area contributed by atoms with Gasteiger partial charge in [-0.25, -0.2) is 15.0 Å². The number of hydrogen-bond donors (Lipinski definition) is 3. The van der Waals surface area contributed by atoms with Crippen LogP contribution < -0.4 is 16.0 Å². The molecule has 1 atom stereocenters. The number of aromatic amines is 2. The minimum Gasteiger partial charge on any atom is -0.363 e. The number of aromatic nitrogens is 5. The summed E-state index contributed by atoms with van der Waals surface area (Å²) in [5.41, 5.74) is 3.35. The number of hydrogen-bond acceptors (Lipinski definition) is 5. The van der Waals surface area contributed by atoms with Crippen LogP contribution in [0.2, 0.25) is 5.28 Å². The van der Waals surface area contributed by atoms with Gasteiger partial charge in [-0.3, -0.25) is 4.79 Å². The van der Waals surface area contributed by atoms with E-state index in [1.807, 2.05) is 13.8 Å². The minimum absolute atomic E-state index is 0.0507. The van der Waals surface area contributed by atoms with E-state index >= 15 is 0 Å². The maximum atomic E-state index is 11.9. The SMILES string of the molecule is CC(=O)c1c(C)[nH]c(-c2nc3c([nH]2)=CC(Nc2ccnc(Cl)n2)CC=3)c1C. The highest BCUT2D eigenvalue weighted by atomic mass is 35.5. The third-order valence-electron chi connectivity index (χ3n) is 4.68. The molecular formula is C19H19ClN6O. The van der Waals surface area contributed by atoms with E-state index in [-0.39, 0.29) is 17.1 Å². The molecule has 3 N–H and O–H groups in total. The molecule has 0 saturated heterocycles. The molecule has 0 aromatic carbocycles. The highest BCUT2D eigenvalue weighted by Gasteiger charge is 2.19. The van der Waals surface area contributed by atoms with Crippen LogP contribution in [0, 0.1) is 13.8 Å². The number of nitrogens with one attached hydrogen (secondary N) is 3. The molecule has 0 radical (unpaired) electrons. The normalized spacial score (nSPS) is 15.6. The van der Waals surface area contributed by atoms with Crippen molar-refractivity contribution in [1.29, 1.82) is 0 Å². The van der Waals surface area contributed by atoms with Crippen molar-refractivity contribution >= 4 is 35.4 Å². The van der Waals surface area contributed by atoms with Gasteiger partial charge in [0.2, 0.25) is 5.28 Å². The second kappa shape index (κ2) is 6.66. The Morgan fingerprint density at radius 3 is 2.81 bits per heavy atom. The summed E-state index contributed by atoms with van der Waals surface area (Å²) >= 11 is 5.84. The second-order valence-electron chi connectivity index (χ2n) is 6.63. The third kappa shape index (κ3) is 3.26. The Bertz CT molecular complexity index is 1160. The van der Waals surface area contributed by atoms with Gasteiger partial charge in [-0.05, 0) is 56.5 Å². The zero-order valence-corrected chi connectivity index (χ0v) is 16.0. The first-order valence-electron chi connectivity index (χ1n) is 8.66. The molecule has 7 nitrogen and oxygen atoms in total. The average molecular weight is 383 g/mol. The van der Waals surface area contributed by atoms with Crippen LogP contribution in [-0.2, 0) is 0 Å². The van der Waals surface area contributed by atoms with Crippen LogP contribution in [0.5, 0.6) is 0 Å². The van der Waals surface area contributed by atoms with E-state index in [2.05, 4.69) is 37.4 Å². The Labute approximate surface area is 160 Å². The van der Waals surface area contributed by atoms with E-state index < -0.39 is 0 Å². The summed E-state index contributed by atoms with van der Waals surface area (Å²) in [5.74, 6) is 1.45. The molecule has 0 spiro atoms. The van der Waals surface area contributed by atoms with E-state index in [1.54, 1.807) is 19.2 Å². The van der Waals surface area contributed by atoms with Gasteiger partial charge < -0.3 is 15.3 Å². The van der Waals surface area contributed by atoms with E-state index in [0.717, 1.165) is 45.5 Å². The summed E-state index contributed by atoms with van der Waals surface area (Å²) in [6.07, 6.45) is 6.55. The molecule has 0 fully saturated rings. The first kappa shape index (κ1) is 17.5. The van der Waals surface area contributed by atoms with Crippen LogP contribution in [0.1, 0.15) is 35.0 Å². The standard InChI is InChI=1S/C19H19ClN6O/c1-9-16(11(3)27)10(2)22-17(9)18-24-13-5-4-12(8-14(13)25-18)23-15-6-7-21-19(20)26-15/h5-8,12,22H,4H2,1-3H3,(H,24,25)(H,21,23,26). The molecule has 0 aliphatic heterocycles. The number of ketones is 1. The van der Waals surface area contributed by atoms with Gasteiger partial charge in [0.1, 0.15) is 5.82 Å². The Hall–Kier alpha value is -2.93. The number of fused-ring (bicyclic) bond motifs is 1. The smallest absolute Gasteiger partial charge is 0.224 e. The van der Waals surface area contributed by atoms with Gasteiger partial charge in [-0.2, -0.15) is 0 Å². The number of carbonyl (C=O) groups is 1. The Morgan fingerprint density at radius 1 is 1.30 bits per heavy atom. The zero-order valence-electron chi connectivity index (χ0n) is 15.2. The van der Waals surface area contributed by atoms with E-state index in [4.69, 9.17) is 16.6 Å². The van der Waals surface area contributed by atoms with Crippen LogP contribution >= 0.6 is 11.6 Å². The molecule has 1 aliphatic rings. The number of carbonyl (C=O) groups excluding carboxylic acids is 1. The van der Waals surface area contributed by atoms with Crippen molar-refractivity contribution in [3.63, 3.8) is 0 Å². The maximum Gasteiger partial charge on any atom is 0.224 e. The number of aryl methyl sites for hydroxylation is 1. The fourth-order valence-corrected chi connectivity index (χ4v) is 3.68. The van der Waals surface area contributed by atoms with Gasteiger partial charge in [0.05, 0.1) is 22.4 Å². The zero-order chi connectivity index (χ0) is 19.1. The van der Waals surface area contributed by atoms with Gasteiger partial charge in [0, 0.05) is 17.5 Å². The lowest BCUT2D eigenvalue weighted by Gasteiger charge is -2.15. The maximum absolute atomic E-state index is 11.9. The van der Waals surface area contributed by atoms with Crippen molar-refractivity contribution in [3.8, 4) is 11.5 Å². The number of halogens is 1. The fourth-order valence-electron chi connectivity index (χ4n) is 3.53. The van der Waals surface area contributed by atoms with Crippen LogP contribution in [0.4, 0.5) is 5.82 Å². The van der Waals surface area contributed by atoms with E-state index in [9.17, 15) is 4.79 Å². The molecular weight excluding hydrogens is 364 g/mol. The van der Waals surface area contributed by atoms with Crippen molar-refractivity contribution in [2.45, 2.75) is 33.2 Å². The Kier molecular flexibility index (Phi) is 4.31. The summed E-state index contributed by atoms with van der Waals surface area (Å²) in [6.45, 7) is 5.42. The predicted molar refractivity (Wildman–Crippen MR) is 105 cm³/mol. The summed E-state index contributed by atoms with van der Waals surface area (Å²) in [4.78, 5) is 31.3. The number of nitrogens with zero attached hydrogens (tertiary/aromatic N) is 3. The van der Waals surface area contributed by atoms with Crippen molar-refractivity contribution in [2.75, 3.05) is 5.32 Å². The highest BCUT2D eigenvalue weighted by molar-refractivity contribution is 6.28. The van der Waals surface area contributed by atoms with Gasteiger partial charge >= 0.3 is 0 Å². The monoisotopic (exact) mass is 382 g/mol. The largest absolute Gasteiger partial charge is 0.363 e. The van der Waals surface area contributed by atoms with Gasteiger partial charge in [0.15, 0.2) is 11.6 Å². The van der Waals surface area contributed by atoms with Crippen LogP contribution in [0.25, 0.3) is 23.7 Å². The van der Waals surface area contributed by atoms with E-state index in [0.29, 0.717) is 5.82 Å². The number of anilines is 1. The molecule has 0 saturated carbocycles. The molecule has 0 amide bonds. The van der Waals surface area contributed by atoms with Crippen molar-refractivity contribution in [3.05, 3.63) is 45.1 Å². The lowest BCUT2D eigenvalue weighted by atomic mass is 10.1. The summed E-state index contributed by atoms with van der Waals surface area (Å²) in [7, 11) is 0. The fraction of sp³-hybridized carbons (Fsp3) is 0.263. The molecule has 27 heavy (non-hydrogen) atoms. The topological polar surface area (TPSA) is 99.3 Å². The first-order valence-corrected chi connectivity index (χ1v) is 9.04. The third-order valence-corrected chi connectivity index (χ3v) is 4.86.